The number of nitrogens with one attached hydrogen (secondary N) is 1. The molecule has 0 aliphatic rings. The van der Waals surface area contributed by atoms with Crippen LogP contribution in [-0.2, 0) is 0 Å². The number of carbonyl (C=O) groups excluding carboxylic acids is 1. The van der Waals surface area contributed by atoms with E-state index in [4.69, 9.17) is 23.2 Å². The second-order valence-corrected chi connectivity index (χ2v) is 4.22. The van der Waals surface area contributed by atoms with Crippen LogP contribution in [0.15, 0.2) is 24.3 Å². The van der Waals surface area contributed by atoms with Crippen molar-refractivity contribution < 1.29 is 4.79 Å². The summed E-state index contributed by atoms with van der Waals surface area (Å²) in [6.07, 6.45) is 0. The van der Waals surface area contributed by atoms with Gasteiger partial charge in [-0.3, -0.25) is 4.79 Å². The zero-order chi connectivity index (χ0) is 11.3. The molecule has 0 spiro atoms. The highest BCUT2D eigenvalue weighted by Gasteiger charge is 2.07. The molecular formula is C11H13Cl2NO. The van der Waals surface area contributed by atoms with Crippen molar-refractivity contribution in [1.82, 2.24) is 5.32 Å². The Balaban J connectivity index is 2.54. The Bertz CT molecular complexity index is 341. The third-order valence-corrected chi connectivity index (χ3v) is 2.72. The minimum Gasteiger partial charge on any atom is -0.352 e. The Morgan fingerprint density at radius 2 is 2.27 bits per heavy atom. The van der Waals surface area contributed by atoms with Crippen LogP contribution in [0.3, 0.4) is 0 Å². The summed E-state index contributed by atoms with van der Waals surface area (Å²) in [5.41, 5.74) is 0.573. The van der Waals surface area contributed by atoms with E-state index in [1.165, 1.54) is 0 Å². The molecule has 4 heteroatoms. The monoisotopic (exact) mass is 245 g/mol. The molecule has 1 aromatic rings. The lowest BCUT2D eigenvalue weighted by Gasteiger charge is -2.09. The van der Waals surface area contributed by atoms with E-state index in [0.717, 1.165) is 0 Å². The van der Waals surface area contributed by atoms with Gasteiger partial charge in [-0.2, -0.15) is 0 Å². The maximum atomic E-state index is 11.6. The van der Waals surface area contributed by atoms with E-state index in [1.807, 2.05) is 6.92 Å². The second kappa shape index (κ2) is 5.99. The summed E-state index contributed by atoms with van der Waals surface area (Å²) in [6, 6.07) is 6.86. The van der Waals surface area contributed by atoms with E-state index in [2.05, 4.69) is 5.32 Å². The van der Waals surface area contributed by atoms with Crippen molar-refractivity contribution in [2.45, 2.75) is 6.92 Å². The molecule has 82 valence electrons. The standard InChI is InChI=1S/C11H13Cl2NO/c1-8(6-12)7-14-11(15)9-3-2-4-10(13)5-9/h2-5,8H,6-7H2,1H3,(H,14,15). The molecule has 0 saturated heterocycles. The predicted molar refractivity (Wildman–Crippen MR) is 63.7 cm³/mol. The number of alkyl halides is 1. The molecule has 1 amide bonds. The van der Waals surface area contributed by atoms with Crippen LogP contribution in [0.1, 0.15) is 17.3 Å². The fourth-order valence-electron chi connectivity index (χ4n) is 1.05. The summed E-state index contributed by atoms with van der Waals surface area (Å²) in [5, 5.41) is 3.36. The van der Waals surface area contributed by atoms with Crippen molar-refractivity contribution in [2.75, 3.05) is 12.4 Å². The molecule has 1 rings (SSSR count). The number of amides is 1. The van der Waals surface area contributed by atoms with Crippen molar-refractivity contribution in [3.8, 4) is 0 Å². The maximum Gasteiger partial charge on any atom is 0.251 e. The first-order valence-corrected chi connectivity index (χ1v) is 5.64. The first kappa shape index (κ1) is 12.3. The molecule has 15 heavy (non-hydrogen) atoms. The molecule has 1 aromatic carbocycles. The summed E-state index contributed by atoms with van der Waals surface area (Å²) >= 11 is 11.4. The molecule has 1 unspecified atom stereocenters. The zero-order valence-corrected chi connectivity index (χ0v) is 9.98. The highest BCUT2D eigenvalue weighted by molar-refractivity contribution is 6.30. The second-order valence-electron chi connectivity index (χ2n) is 3.48. The minimum atomic E-state index is -0.116. The molecular weight excluding hydrogens is 233 g/mol. The van der Waals surface area contributed by atoms with E-state index in [0.29, 0.717) is 23.0 Å². The van der Waals surface area contributed by atoms with Crippen molar-refractivity contribution in [2.24, 2.45) is 5.92 Å². The van der Waals surface area contributed by atoms with Crippen LogP contribution >= 0.6 is 23.2 Å². The van der Waals surface area contributed by atoms with Crippen LogP contribution in [0.4, 0.5) is 0 Å². The predicted octanol–water partition coefficient (Wildman–Crippen LogP) is 2.94. The van der Waals surface area contributed by atoms with E-state index in [-0.39, 0.29) is 11.8 Å². The molecule has 0 radical (unpaired) electrons. The van der Waals surface area contributed by atoms with Gasteiger partial charge in [0.2, 0.25) is 0 Å². The average molecular weight is 246 g/mol. The van der Waals surface area contributed by atoms with E-state index in [9.17, 15) is 4.79 Å². The van der Waals surface area contributed by atoms with Gasteiger partial charge in [-0.25, -0.2) is 0 Å². The van der Waals surface area contributed by atoms with Crippen molar-refractivity contribution in [3.05, 3.63) is 34.9 Å². The number of benzene rings is 1. The highest BCUT2D eigenvalue weighted by atomic mass is 35.5. The molecule has 0 heterocycles. The number of hydrogen-bond acceptors (Lipinski definition) is 1. The fraction of sp³-hybridized carbons (Fsp3) is 0.364. The van der Waals surface area contributed by atoms with Gasteiger partial charge >= 0.3 is 0 Å². The molecule has 1 atom stereocenters. The fourth-order valence-corrected chi connectivity index (χ4v) is 1.35. The average Bonchev–Trinajstić information content (AvgIpc) is 2.25. The third kappa shape index (κ3) is 4.10. The van der Waals surface area contributed by atoms with Gasteiger partial charge in [-0.05, 0) is 24.1 Å². The Kier molecular flexibility index (Phi) is 4.92. The van der Waals surface area contributed by atoms with Crippen LogP contribution in [0, 0.1) is 5.92 Å². The van der Waals surface area contributed by atoms with Gasteiger partial charge in [-0.15, -0.1) is 11.6 Å². The lowest BCUT2D eigenvalue weighted by molar-refractivity contribution is 0.0949. The number of halogens is 2. The Morgan fingerprint density at radius 1 is 1.53 bits per heavy atom. The van der Waals surface area contributed by atoms with Gasteiger partial charge in [0.1, 0.15) is 0 Å². The molecule has 1 N–H and O–H groups in total. The Morgan fingerprint density at radius 3 is 2.87 bits per heavy atom. The summed E-state index contributed by atoms with van der Waals surface area (Å²) in [4.78, 5) is 11.6. The number of rotatable bonds is 4. The van der Waals surface area contributed by atoms with E-state index in [1.54, 1.807) is 24.3 Å². The van der Waals surface area contributed by atoms with Crippen molar-refractivity contribution in [3.63, 3.8) is 0 Å². The van der Waals surface area contributed by atoms with Crippen LogP contribution < -0.4 is 5.32 Å². The molecule has 2 nitrogen and oxygen atoms in total. The summed E-state index contributed by atoms with van der Waals surface area (Å²) < 4.78 is 0. The third-order valence-electron chi connectivity index (χ3n) is 1.96. The summed E-state index contributed by atoms with van der Waals surface area (Å²) in [5.74, 6) is 0.694. The lowest BCUT2D eigenvalue weighted by Crippen LogP contribution is -2.28. The number of carbonyl (C=O) groups is 1. The largest absolute Gasteiger partial charge is 0.352 e. The topological polar surface area (TPSA) is 29.1 Å². The molecule has 0 fully saturated rings. The summed E-state index contributed by atoms with van der Waals surface area (Å²) in [7, 11) is 0. The van der Waals surface area contributed by atoms with Gasteiger partial charge in [0.05, 0.1) is 0 Å². The van der Waals surface area contributed by atoms with Gasteiger partial charge in [0.25, 0.3) is 5.91 Å². The molecule has 0 saturated carbocycles. The van der Waals surface area contributed by atoms with Crippen molar-refractivity contribution in [1.29, 1.82) is 0 Å². The van der Waals surface area contributed by atoms with Crippen LogP contribution in [-0.4, -0.2) is 18.3 Å². The zero-order valence-electron chi connectivity index (χ0n) is 8.47. The molecule has 0 aliphatic heterocycles. The minimum absolute atomic E-state index is 0.116. The molecule has 0 aliphatic carbocycles. The van der Waals surface area contributed by atoms with Crippen LogP contribution in [0.2, 0.25) is 5.02 Å². The SMILES string of the molecule is CC(CCl)CNC(=O)c1cccc(Cl)c1. The van der Waals surface area contributed by atoms with E-state index >= 15 is 0 Å². The van der Waals surface area contributed by atoms with Gasteiger partial charge in [0.15, 0.2) is 0 Å². The van der Waals surface area contributed by atoms with Crippen molar-refractivity contribution >= 4 is 29.1 Å². The quantitative estimate of drug-likeness (QED) is 0.813. The van der Waals surface area contributed by atoms with Crippen LogP contribution in [0.25, 0.3) is 0 Å². The lowest BCUT2D eigenvalue weighted by atomic mass is 10.2. The normalized spacial score (nSPS) is 12.2. The molecule has 0 aromatic heterocycles. The van der Waals surface area contributed by atoms with Gasteiger partial charge < -0.3 is 5.32 Å². The smallest absolute Gasteiger partial charge is 0.251 e. The Labute approximate surface area is 99.6 Å². The summed E-state index contributed by atoms with van der Waals surface area (Å²) in [6.45, 7) is 2.56. The first-order chi connectivity index (χ1) is 7.13. The van der Waals surface area contributed by atoms with Gasteiger partial charge in [0, 0.05) is 23.0 Å². The highest BCUT2D eigenvalue weighted by Crippen LogP contribution is 2.10. The van der Waals surface area contributed by atoms with Crippen LogP contribution in [0.5, 0.6) is 0 Å². The molecule has 0 bridgehead atoms. The first-order valence-electron chi connectivity index (χ1n) is 4.73. The van der Waals surface area contributed by atoms with E-state index < -0.39 is 0 Å². The number of hydrogen-bond donors (Lipinski definition) is 1. The maximum absolute atomic E-state index is 11.6. The Hall–Kier alpha value is -0.730. The van der Waals surface area contributed by atoms with Gasteiger partial charge in [-0.1, -0.05) is 24.6 Å².